The first-order valence-corrected chi connectivity index (χ1v) is 9.36. The number of ether oxygens (including phenoxy) is 1. The summed E-state index contributed by atoms with van der Waals surface area (Å²) in [6.07, 6.45) is 0.408. The van der Waals surface area contributed by atoms with E-state index < -0.39 is 0 Å². The third-order valence-electron chi connectivity index (χ3n) is 4.48. The summed E-state index contributed by atoms with van der Waals surface area (Å²) in [6, 6.07) is 17.9. The predicted molar refractivity (Wildman–Crippen MR) is 129 cm³/mol. The average molecular weight is 510 g/mol. The summed E-state index contributed by atoms with van der Waals surface area (Å²) >= 11 is 0. The van der Waals surface area contributed by atoms with E-state index in [1.807, 2.05) is 73.6 Å². The van der Waals surface area contributed by atoms with E-state index in [0.29, 0.717) is 26.1 Å². The van der Waals surface area contributed by atoms with Crippen molar-refractivity contribution in [1.29, 1.82) is 0 Å². The quantitative estimate of drug-likeness (QED) is 0.336. The van der Waals surface area contributed by atoms with Gasteiger partial charge in [-0.1, -0.05) is 48.5 Å². The van der Waals surface area contributed by atoms with Gasteiger partial charge in [0.2, 0.25) is 5.91 Å². The average Bonchev–Trinajstić information content (AvgIpc) is 2.72. The van der Waals surface area contributed by atoms with Crippen LogP contribution in [0.25, 0.3) is 0 Å². The van der Waals surface area contributed by atoms with Gasteiger partial charge in [-0.05, 0) is 11.6 Å². The lowest BCUT2D eigenvalue weighted by molar-refractivity contribution is -0.130. The van der Waals surface area contributed by atoms with Gasteiger partial charge in [0.1, 0.15) is 5.75 Å². The number of aliphatic imine (C=N–C) groups is 1. The van der Waals surface area contributed by atoms with E-state index in [2.05, 4.69) is 10.3 Å². The van der Waals surface area contributed by atoms with E-state index in [4.69, 9.17) is 4.74 Å². The number of amides is 1. The van der Waals surface area contributed by atoms with Crippen LogP contribution in [0, 0.1) is 0 Å². The van der Waals surface area contributed by atoms with Crippen molar-refractivity contribution in [3.8, 4) is 5.75 Å². The maximum absolute atomic E-state index is 12.4. The van der Waals surface area contributed by atoms with Gasteiger partial charge < -0.3 is 19.9 Å². The molecule has 0 aliphatic heterocycles. The maximum atomic E-state index is 12.4. The molecule has 6 nitrogen and oxygen atoms in total. The number of para-hydroxylation sites is 1. The largest absolute Gasteiger partial charge is 0.496 e. The fourth-order valence-corrected chi connectivity index (χ4v) is 2.97. The number of halogens is 1. The van der Waals surface area contributed by atoms with Crippen LogP contribution in [-0.2, 0) is 17.9 Å². The van der Waals surface area contributed by atoms with Gasteiger partial charge in [-0.2, -0.15) is 0 Å². The summed E-state index contributed by atoms with van der Waals surface area (Å²) in [5, 5.41) is 3.26. The van der Waals surface area contributed by atoms with Gasteiger partial charge in [-0.15, -0.1) is 24.0 Å². The fourth-order valence-electron chi connectivity index (χ4n) is 2.97. The van der Waals surface area contributed by atoms with Crippen LogP contribution in [-0.4, -0.2) is 56.5 Å². The number of nitrogens with one attached hydrogen (secondary N) is 1. The first-order chi connectivity index (χ1) is 13.5. The van der Waals surface area contributed by atoms with Crippen LogP contribution in [0.2, 0.25) is 0 Å². The number of hydrogen-bond acceptors (Lipinski definition) is 3. The zero-order valence-electron chi connectivity index (χ0n) is 17.6. The third kappa shape index (κ3) is 7.92. The lowest BCUT2D eigenvalue weighted by Crippen LogP contribution is -2.40. The van der Waals surface area contributed by atoms with Crippen molar-refractivity contribution in [1.82, 2.24) is 15.1 Å². The molecule has 0 aliphatic carbocycles. The topological polar surface area (TPSA) is 57.2 Å². The molecule has 1 N–H and O–H groups in total. The number of nitrogens with zero attached hydrogens (tertiary/aromatic N) is 3. The molecule has 0 atom stereocenters. The van der Waals surface area contributed by atoms with E-state index >= 15 is 0 Å². The van der Waals surface area contributed by atoms with Crippen LogP contribution in [0.4, 0.5) is 0 Å². The second kappa shape index (κ2) is 13.0. The summed E-state index contributed by atoms with van der Waals surface area (Å²) in [5.74, 6) is 1.69. The molecule has 0 saturated carbocycles. The maximum Gasteiger partial charge on any atom is 0.224 e. The molecule has 0 fully saturated rings. The smallest absolute Gasteiger partial charge is 0.224 e. The van der Waals surface area contributed by atoms with Gasteiger partial charge in [0, 0.05) is 52.8 Å². The standard InChI is InChI=1S/C22H30N4O2.HI/c1-23-22(26(3)17-19-12-8-9-13-20(19)28-4)24-15-14-21(27)25(2)16-18-10-6-5-7-11-18;/h5-13H,14-17H2,1-4H3,(H,23,24);1H. The van der Waals surface area contributed by atoms with Crippen LogP contribution in [0.15, 0.2) is 59.6 Å². The van der Waals surface area contributed by atoms with Gasteiger partial charge >= 0.3 is 0 Å². The normalized spacial score (nSPS) is 10.7. The summed E-state index contributed by atoms with van der Waals surface area (Å²) in [6.45, 7) is 1.80. The molecule has 2 aromatic rings. The summed E-state index contributed by atoms with van der Waals surface area (Å²) in [5.41, 5.74) is 2.20. The predicted octanol–water partition coefficient (Wildman–Crippen LogP) is 3.37. The zero-order chi connectivity index (χ0) is 20.4. The molecule has 2 rings (SSSR count). The number of rotatable bonds is 8. The van der Waals surface area contributed by atoms with Gasteiger partial charge in [-0.25, -0.2) is 0 Å². The molecule has 0 saturated heterocycles. The highest BCUT2D eigenvalue weighted by Gasteiger charge is 2.12. The van der Waals surface area contributed by atoms with Crippen molar-refractivity contribution in [3.05, 3.63) is 65.7 Å². The van der Waals surface area contributed by atoms with E-state index in [0.717, 1.165) is 22.8 Å². The second-order valence-electron chi connectivity index (χ2n) is 6.63. The minimum Gasteiger partial charge on any atom is -0.496 e. The highest BCUT2D eigenvalue weighted by atomic mass is 127. The Morgan fingerprint density at radius 3 is 2.31 bits per heavy atom. The molecule has 0 heterocycles. The zero-order valence-corrected chi connectivity index (χ0v) is 19.9. The van der Waals surface area contributed by atoms with Crippen LogP contribution in [0.1, 0.15) is 17.5 Å². The molecule has 29 heavy (non-hydrogen) atoms. The molecule has 0 spiro atoms. The van der Waals surface area contributed by atoms with Crippen molar-refractivity contribution in [2.75, 3.05) is 34.8 Å². The Labute approximate surface area is 191 Å². The van der Waals surface area contributed by atoms with Gasteiger partial charge in [-0.3, -0.25) is 9.79 Å². The lowest BCUT2D eigenvalue weighted by Gasteiger charge is -2.23. The van der Waals surface area contributed by atoms with Gasteiger partial charge in [0.15, 0.2) is 5.96 Å². The SMILES string of the molecule is CN=C(NCCC(=O)N(C)Cc1ccccc1)N(C)Cc1ccccc1OC.I. The van der Waals surface area contributed by atoms with Crippen LogP contribution >= 0.6 is 24.0 Å². The van der Waals surface area contributed by atoms with Crippen molar-refractivity contribution < 1.29 is 9.53 Å². The molecule has 7 heteroatoms. The van der Waals surface area contributed by atoms with Crippen molar-refractivity contribution in [2.45, 2.75) is 19.5 Å². The molecule has 0 unspecified atom stereocenters. The van der Waals surface area contributed by atoms with E-state index in [1.165, 1.54) is 0 Å². The summed E-state index contributed by atoms with van der Waals surface area (Å²) < 4.78 is 5.41. The van der Waals surface area contributed by atoms with Crippen molar-refractivity contribution in [3.63, 3.8) is 0 Å². The van der Waals surface area contributed by atoms with E-state index in [-0.39, 0.29) is 29.9 Å². The number of methoxy groups -OCH3 is 1. The highest BCUT2D eigenvalue weighted by Crippen LogP contribution is 2.18. The molecule has 0 bridgehead atoms. The molecule has 0 aromatic heterocycles. The Balaban J connectivity index is 0.00000420. The Morgan fingerprint density at radius 1 is 1.00 bits per heavy atom. The van der Waals surface area contributed by atoms with Crippen molar-refractivity contribution in [2.24, 2.45) is 4.99 Å². The second-order valence-corrected chi connectivity index (χ2v) is 6.63. The minimum atomic E-state index is 0. The first kappa shape index (κ1) is 24.7. The molecular weight excluding hydrogens is 479 g/mol. The van der Waals surface area contributed by atoms with E-state index in [9.17, 15) is 4.79 Å². The minimum absolute atomic E-state index is 0. The number of carbonyl (C=O) groups is 1. The summed E-state index contributed by atoms with van der Waals surface area (Å²) in [4.78, 5) is 20.5. The third-order valence-corrected chi connectivity index (χ3v) is 4.48. The van der Waals surface area contributed by atoms with Crippen LogP contribution in [0.5, 0.6) is 5.75 Å². The van der Waals surface area contributed by atoms with Crippen LogP contribution < -0.4 is 10.1 Å². The molecule has 158 valence electrons. The fraction of sp³-hybridized carbons (Fsp3) is 0.364. The molecule has 0 aliphatic rings. The van der Waals surface area contributed by atoms with Gasteiger partial charge in [0.25, 0.3) is 0 Å². The van der Waals surface area contributed by atoms with Crippen molar-refractivity contribution >= 4 is 35.8 Å². The number of carbonyl (C=O) groups excluding carboxylic acids is 1. The first-order valence-electron chi connectivity index (χ1n) is 9.36. The molecule has 2 aromatic carbocycles. The Morgan fingerprint density at radius 2 is 1.66 bits per heavy atom. The summed E-state index contributed by atoms with van der Waals surface area (Å²) in [7, 11) is 7.21. The van der Waals surface area contributed by atoms with E-state index in [1.54, 1.807) is 19.1 Å². The Hall–Kier alpha value is -2.29. The molecule has 0 radical (unpaired) electrons. The van der Waals surface area contributed by atoms with Crippen LogP contribution in [0.3, 0.4) is 0 Å². The number of benzene rings is 2. The monoisotopic (exact) mass is 510 g/mol. The number of guanidine groups is 1. The highest BCUT2D eigenvalue weighted by molar-refractivity contribution is 14.0. The Bertz CT molecular complexity index is 783. The Kier molecular flexibility index (Phi) is 11.1. The number of hydrogen-bond donors (Lipinski definition) is 1. The lowest BCUT2D eigenvalue weighted by atomic mass is 10.2. The molecule has 1 amide bonds. The van der Waals surface area contributed by atoms with Gasteiger partial charge in [0.05, 0.1) is 7.11 Å². The molecular formula is C22H31IN4O2.